The van der Waals surface area contributed by atoms with Gasteiger partial charge in [-0.25, -0.2) is 0 Å². The van der Waals surface area contributed by atoms with Crippen molar-refractivity contribution in [2.45, 2.75) is 75.7 Å². The summed E-state index contributed by atoms with van der Waals surface area (Å²) in [5.41, 5.74) is 1.17. The minimum Gasteiger partial charge on any atom is -0.322 e. The quantitative estimate of drug-likeness (QED) is 0.435. The van der Waals surface area contributed by atoms with E-state index in [2.05, 4.69) is 20.1 Å². The van der Waals surface area contributed by atoms with Crippen LogP contribution in [0.15, 0.2) is 36.5 Å². The molecule has 214 valence electrons. The smallest absolute Gasteiger partial charge is 0.322 e. The van der Waals surface area contributed by atoms with Gasteiger partial charge in [-0.15, -0.1) is 0 Å². The third-order valence-electron chi connectivity index (χ3n) is 8.12. The number of nitrogens with zero attached hydrogens (tertiary/aromatic N) is 3. The topological polar surface area (TPSA) is 91.8 Å². The Hall–Kier alpha value is -3.54. The van der Waals surface area contributed by atoms with E-state index in [1.807, 2.05) is 0 Å². The van der Waals surface area contributed by atoms with Crippen LogP contribution in [0.1, 0.15) is 78.0 Å². The minimum absolute atomic E-state index is 0.0154. The van der Waals surface area contributed by atoms with Crippen molar-refractivity contribution in [1.82, 2.24) is 20.1 Å². The molecule has 3 amide bonds. The van der Waals surface area contributed by atoms with Gasteiger partial charge in [-0.05, 0) is 55.2 Å². The number of rotatable bonds is 4. The molecule has 0 spiro atoms. The Morgan fingerprint density at radius 2 is 1.73 bits per heavy atom. The Labute approximate surface area is 228 Å². The maximum atomic E-state index is 12.5. The van der Waals surface area contributed by atoms with E-state index < -0.39 is 23.7 Å². The number of aromatic nitrogens is 1. The molecular formula is C28H30F4N4O4. The molecule has 1 aromatic heterocycles. The van der Waals surface area contributed by atoms with Crippen molar-refractivity contribution in [1.29, 1.82) is 0 Å². The lowest BCUT2D eigenvalue weighted by molar-refractivity contribution is -0.138. The fourth-order valence-corrected chi connectivity index (χ4v) is 5.86. The van der Waals surface area contributed by atoms with E-state index in [1.165, 1.54) is 61.3 Å². The number of carbonyl (C=O) groups is 3. The summed E-state index contributed by atoms with van der Waals surface area (Å²) in [4.78, 5) is 46.7. The number of nitrogens with one attached hydrogen (secondary N) is 1. The highest BCUT2D eigenvalue weighted by atomic mass is 19.4. The van der Waals surface area contributed by atoms with Crippen molar-refractivity contribution in [3.8, 4) is 5.75 Å². The van der Waals surface area contributed by atoms with Crippen LogP contribution in [-0.2, 0) is 22.3 Å². The summed E-state index contributed by atoms with van der Waals surface area (Å²) in [6, 6.07) is 6.95. The molecule has 4 aliphatic rings. The second kappa shape index (κ2) is 11.5. The largest absolute Gasteiger partial charge is 0.417 e. The van der Waals surface area contributed by atoms with E-state index in [0.717, 1.165) is 31.0 Å². The van der Waals surface area contributed by atoms with Gasteiger partial charge in [0.25, 0.3) is 5.91 Å². The van der Waals surface area contributed by atoms with Gasteiger partial charge in [0.1, 0.15) is 6.04 Å². The second-order valence-electron chi connectivity index (χ2n) is 10.7. The zero-order chi connectivity index (χ0) is 28.4. The number of hydrogen-bond donors (Lipinski definition) is 1. The van der Waals surface area contributed by atoms with Gasteiger partial charge in [0.05, 0.1) is 5.56 Å². The number of pyridine rings is 1. The van der Waals surface area contributed by atoms with Crippen LogP contribution in [0.25, 0.3) is 0 Å². The molecule has 6 rings (SSSR count). The molecule has 2 saturated heterocycles. The Balaban J connectivity index is 0.000000161. The van der Waals surface area contributed by atoms with Crippen LogP contribution < -0.4 is 10.3 Å². The van der Waals surface area contributed by atoms with Gasteiger partial charge in [0.2, 0.25) is 11.8 Å². The third-order valence-corrected chi connectivity index (χ3v) is 8.12. The monoisotopic (exact) mass is 562 g/mol. The van der Waals surface area contributed by atoms with E-state index in [4.69, 9.17) is 0 Å². The van der Waals surface area contributed by atoms with Crippen molar-refractivity contribution in [3.05, 3.63) is 58.9 Å². The zero-order valence-corrected chi connectivity index (χ0v) is 21.8. The number of halogens is 4. The van der Waals surface area contributed by atoms with Crippen LogP contribution in [0.5, 0.6) is 5.75 Å². The summed E-state index contributed by atoms with van der Waals surface area (Å²) >= 11 is 0. The predicted octanol–water partition coefficient (Wildman–Crippen LogP) is 4.54. The fraction of sp³-hybridized carbons (Fsp3) is 0.500. The van der Waals surface area contributed by atoms with Crippen molar-refractivity contribution in [2.75, 3.05) is 13.1 Å². The van der Waals surface area contributed by atoms with Gasteiger partial charge in [-0.3, -0.25) is 34.5 Å². The Morgan fingerprint density at radius 1 is 0.975 bits per heavy atom. The van der Waals surface area contributed by atoms with E-state index in [1.54, 1.807) is 0 Å². The highest BCUT2D eigenvalue weighted by molar-refractivity contribution is 6.05. The van der Waals surface area contributed by atoms with E-state index in [0.29, 0.717) is 29.5 Å². The summed E-state index contributed by atoms with van der Waals surface area (Å²) in [5.74, 6) is -0.770. The Bertz CT molecular complexity index is 1260. The molecule has 3 aliphatic heterocycles. The summed E-state index contributed by atoms with van der Waals surface area (Å²) in [5, 5.41) is 2.22. The van der Waals surface area contributed by atoms with Gasteiger partial charge in [-0.2, -0.15) is 13.2 Å². The standard InChI is InChI=1S/C15H19F3N2.C13H11FN2O4/c16-15(17,18)12-6-7-14(19-8-12)11-9-20(10-11)13-4-2-1-3-5-13;14-20-8-1-2-9-7(5-8)6-16(13(9)19)10-3-4-11(17)15-12(10)18/h6-8,11,13H,1-5,9-10H2;1-2,5,10H,3-4,6H2,(H,15,17,18). The maximum Gasteiger partial charge on any atom is 0.417 e. The molecule has 4 heterocycles. The molecular weight excluding hydrogens is 532 g/mol. The van der Waals surface area contributed by atoms with Gasteiger partial charge in [-0.1, -0.05) is 19.3 Å². The van der Waals surface area contributed by atoms with Crippen molar-refractivity contribution in [3.63, 3.8) is 0 Å². The van der Waals surface area contributed by atoms with E-state index >= 15 is 0 Å². The lowest BCUT2D eigenvalue weighted by Crippen LogP contribution is -2.52. The van der Waals surface area contributed by atoms with Crippen molar-refractivity contribution in [2.24, 2.45) is 0 Å². The molecule has 1 atom stereocenters. The Morgan fingerprint density at radius 3 is 2.35 bits per heavy atom. The zero-order valence-electron chi connectivity index (χ0n) is 21.8. The number of likely N-dealkylation sites (tertiary alicyclic amines) is 1. The highest BCUT2D eigenvalue weighted by Gasteiger charge is 2.39. The Kier molecular flexibility index (Phi) is 8.07. The second-order valence-corrected chi connectivity index (χ2v) is 10.7. The fourth-order valence-electron chi connectivity index (χ4n) is 5.86. The first-order valence-corrected chi connectivity index (χ1v) is 13.5. The number of piperidine rings is 1. The molecule has 0 radical (unpaired) electrons. The van der Waals surface area contributed by atoms with Gasteiger partial charge in [0.15, 0.2) is 5.75 Å². The molecule has 2 aromatic rings. The number of carbonyl (C=O) groups excluding carboxylic acids is 3. The molecule has 1 aliphatic carbocycles. The number of hydrogen-bond acceptors (Lipinski definition) is 6. The third kappa shape index (κ3) is 5.96. The molecule has 1 saturated carbocycles. The first-order valence-electron chi connectivity index (χ1n) is 13.5. The molecule has 0 bridgehead atoms. The summed E-state index contributed by atoms with van der Waals surface area (Å²) in [6.07, 6.45) is 3.67. The van der Waals surface area contributed by atoms with Crippen LogP contribution in [-0.4, -0.2) is 57.7 Å². The number of benzene rings is 1. The SMILES string of the molecule is FC(F)(F)c1ccc(C2CN(C3CCCCC3)C2)nc1.O=C1CCC(N2Cc3cc(OF)ccc3C2=O)C(=O)N1. The lowest BCUT2D eigenvalue weighted by Gasteiger charge is -2.45. The summed E-state index contributed by atoms with van der Waals surface area (Å²) < 4.78 is 49.6. The van der Waals surface area contributed by atoms with Crippen LogP contribution >= 0.6 is 0 Å². The number of imide groups is 1. The van der Waals surface area contributed by atoms with Crippen molar-refractivity contribution >= 4 is 17.7 Å². The molecule has 12 heteroatoms. The van der Waals surface area contributed by atoms with Crippen LogP contribution in [0, 0.1) is 0 Å². The van der Waals surface area contributed by atoms with E-state index in [-0.39, 0.29) is 30.5 Å². The van der Waals surface area contributed by atoms with Crippen LogP contribution in [0.3, 0.4) is 0 Å². The average Bonchev–Trinajstić information content (AvgIpc) is 3.24. The normalized spacial score (nSPS) is 22.2. The minimum atomic E-state index is -4.29. The van der Waals surface area contributed by atoms with Crippen LogP contribution in [0.2, 0.25) is 0 Å². The predicted molar refractivity (Wildman–Crippen MR) is 135 cm³/mol. The first kappa shape index (κ1) is 28.0. The molecule has 8 nitrogen and oxygen atoms in total. The number of alkyl halides is 3. The van der Waals surface area contributed by atoms with Gasteiger partial charge < -0.3 is 4.90 Å². The first-order chi connectivity index (χ1) is 19.1. The average molecular weight is 563 g/mol. The highest BCUT2D eigenvalue weighted by Crippen LogP contribution is 2.34. The van der Waals surface area contributed by atoms with Crippen molar-refractivity contribution < 1.29 is 37.0 Å². The molecule has 1 N–H and O–H groups in total. The summed E-state index contributed by atoms with van der Waals surface area (Å²) in [6.45, 7) is 2.10. The van der Waals surface area contributed by atoms with E-state index in [9.17, 15) is 32.1 Å². The number of amides is 3. The molecule has 1 unspecified atom stereocenters. The van der Waals surface area contributed by atoms with Crippen LogP contribution in [0.4, 0.5) is 17.7 Å². The molecule has 1 aromatic carbocycles. The lowest BCUT2D eigenvalue weighted by atomic mass is 9.87. The van der Waals surface area contributed by atoms with Gasteiger partial charge in [0, 0.05) is 60.0 Å². The molecule has 3 fully saturated rings. The molecule has 40 heavy (non-hydrogen) atoms. The summed E-state index contributed by atoms with van der Waals surface area (Å²) in [7, 11) is 0. The number of fused-ring (bicyclic) bond motifs is 1. The van der Waals surface area contributed by atoms with Gasteiger partial charge >= 0.3 is 6.18 Å². The maximum absolute atomic E-state index is 12.5.